The Morgan fingerprint density at radius 2 is 1.32 bits per heavy atom. The molecular formula is C27H28N8O6. The molecule has 212 valence electrons. The molecule has 0 aliphatic carbocycles. The van der Waals surface area contributed by atoms with Gasteiger partial charge in [0.15, 0.2) is 0 Å². The Labute approximate surface area is 233 Å². The second kappa shape index (κ2) is 10.7. The van der Waals surface area contributed by atoms with E-state index in [1.54, 1.807) is 33.2 Å². The maximum absolute atomic E-state index is 12.3. The average molecular weight is 561 g/mol. The lowest BCUT2D eigenvalue weighted by molar-refractivity contribution is -0.138. The molecule has 0 radical (unpaired) electrons. The van der Waals surface area contributed by atoms with E-state index in [0.717, 1.165) is 32.9 Å². The molecule has 1 amide bonds. The van der Waals surface area contributed by atoms with E-state index in [9.17, 15) is 14.4 Å². The molecule has 5 aromatic rings. The van der Waals surface area contributed by atoms with Crippen LogP contribution in [0.5, 0.6) is 0 Å². The van der Waals surface area contributed by atoms with Crippen LogP contribution in [0.15, 0.2) is 48.8 Å². The van der Waals surface area contributed by atoms with E-state index in [0.29, 0.717) is 17.9 Å². The molecular weight excluding hydrogens is 532 g/mol. The lowest BCUT2D eigenvalue weighted by Crippen LogP contribution is -2.34. The summed E-state index contributed by atoms with van der Waals surface area (Å²) in [7, 11) is 0. The quantitative estimate of drug-likeness (QED) is 0.243. The molecule has 5 rings (SSSR count). The molecule has 3 heterocycles. The van der Waals surface area contributed by atoms with Crippen LogP contribution in [0.3, 0.4) is 0 Å². The summed E-state index contributed by atoms with van der Waals surface area (Å²) < 4.78 is 9.93. The first-order valence-corrected chi connectivity index (χ1v) is 12.7. The van der Waals surface area contributed by atoms with Crippen molar-refractivity contribution in [1.82, 2.24) is 39.9 Å². The Hall–Kier alpha value is -5.27. The summed E-state index contributed by atoms with van der Waals surface area (Å²) in [5.74, 6) is -2.04. The molecule has 3 N–H and O–H groups in total. The summed E-state index contributed by atoms with van der Waals surface area (Å²) in [4.78, 5) is 34.4. The smallest absolute Gasteiger partial charge is 0.407 e. The number of carbonyl (C=O) groups is 3. The van der Waals surface area contributed by atoms with Gasteiger partial charge in [-0.25, -0.2) is 14.2 Å². The molecule has 0 aliphatic rings. The predicted molar refractivity (Wildman–Crippen MR) is 147 cm³/mol. The number of carbonyl (C=O) groups excluding carboxylic acids is 1. The van der Waals surface area contributed by atoms with Crippen molar-refractivity contribution in [3.05, 3.63) is 48.8 Å². The Morgan fingerprint density at radius 3 is 1.76 bits per heavy atom. The number of fused-ring (bicyclic) bond motifs is 3. The number of nitrogens with zero attached hydrogens (tertiary/aromatic N) is 7. The summed E-state index contributed by atoms with van der Waals surface area (Å²) in [6.07, 6.45) is 2.63. The highest BCUT2D eigenvalue weighted by molar-refractivity contribution is 6.09. The molecule has 0 unspecified atom stereocenters. The zero-order valence-electron chi connectivity index (χ0n) is 22.6. The van der Waals surface area contributed by atoms with Crippen LogP contribution in [0.4, 0.5) is 4.79 Å². The Bertz CT molecular complexity index is 1670. The molecule has 2 aromatic carbocycles. The molecule has 3 aromatic heterocycles. The third-order valence-corrected chi connectivity index (χ3v) is 6.13. The average Bonchev–Trinajstić information content (AvgIpc) is 3.60. The number of alkyl carbamates (subject to hydrolysis) is 1. The fraction of sp³-hybridized carbons (Fsp3) is 0.296. The zero-order chi connectivity index (χ0) is 29.3. The van der Waals surface area contributed by atoms with Gasteiger partial charge in [-0.05, 0) is 32.9 Å². The standard InChI is InChI=1S/C27H28N8O6/c1-27(2,3)41-26(40)28-8-9-35-22-10-16(20-12-33(31-29-20)14-24(36)37)4-6-18(22)19-7-5-17(11-23(19)35)21-13-34(32-30-21)15-25(38)39/h4-7,10-13H,8-9,14-15H2,1-3H3,(H,28,40)(H,36,37)(H,38,39). The lowest BCUT2D eigenvalue weighted by atomic mass is 10.1. The van der Waals surface area contributed by atoms with E-state index in [4.69, 9.17) is 14.9 Å². The van der Waals surface area contributed by atoms with Crippen molar-refractivity contribution in [2.24, 2.45) is 0 Å². The topological polar surface area (TPSA) is 179 Å². The minimum Gasteiger partial charge on any atom is -0.480 e. The van der Waals surface area contributed by atoms with Crippen LogP contribution in [-0.2, 0) is 34.0 Å². The number of ether oxygens (including phenoxy) is 1. The SMILES string of the molecule is CC(C)(C)OC(=O)NCCn1c2cc(-c3cn(CC(=O)O)nn3)ccc2c2ccc(-c3cn(CC(=O)O)nn3)cc21. The molecule has 0 saturated heterocycles. The molecule has 0 aliphatic heterocycles. The van der Waals surface area contributed by atoms with Crippen molar-refractivity contribution in [2.45, 2.75) is 46.0 Å². The van der Waals surface area contributed by atoms with Crippen LogP contribution in [-0.4, -0.2) is 74.9 Å². The third kappa shape index (κ3) is 6.16. The van der Waals surface area contributed by atoms with E-state index in [-0.39, 0.29) is 19.6 Å². The molecule has 0 saturated carbocycles. The molecule has 14 heteroatoms. The van der Waals surface area contributed by atoms with Gasteiger partial charge in [-0.2, -0.15) is 0 Å². The number of benzene rings is 2. The van der Waals surface area contributed by atoms with E-state index >= 15 is 0 Å². The maximum atomic E-state index is 12.3. The monoisotopic (exact) mass is 560 g/mol. The number of nitrogens with one attached hydrogen (secondary N) is 1. The van der Waals surface area contributed by atoms with Crippen molar-refractivity contribution in [1.29, 1.82) is 0 Å². The van der Waals surface area contributed by atoms with E-state index in [1.807, 2.05) is 36.4 Å². The number of hydrogen-bond donors (Lipinski definition) is 3. The Morgan fingerprint density at radius 1 is 0.829 bits per heavy atom. The maximum Gasteiger partial charge on any atom is 0.407 e. The van der Waals surface area contributed by atoms with Gasteiger partial charge in [0, 0.05) is 46.0 Å². The molecule has 0 fully saturated rings. The van der Waals surface area contributed by atoms with Gasteiger partial charge in [0.1, 0.15) is 30.1 Å². The molecule has 41 heavy (non-hydrogen) atoms. The van der Waals surface area contributed by atoms with Gasteiger partial charge in [0.25, 0.3) is 0 Å². The lowest BCUT2D eigenvalue weighted by Gasteiger charge is -2.20. The summed E-state index contributed by atoms with van der Waals surface area (Å²) in [6, 6.07) is 11.6. The van der Waals surface area contributed by atoms with Gasteiger partial charge in [-0.1, -0.05) is 34.7 Å². The van der Waals surface area contributed by atoms with Crippen molar-refractivity contribution >= 4 is 39.8 Å². The Kier molecular flexibility index (Phi) is 7.13. The number of carboxylic acids is 2. The van der Waals surface area contributed by atoms with Crippen LogP contribution < -0.4 is 5.32 Å². The van der Waals surface area contributed by atoms with Gasteiger partial charge < -0.3 is 24.8 Å². The highest BCUT2D eigenvalue weighted by atomic mass is 16.6. The van der Waals surface area contributed by atoms with E-state index in [1.165, 1.54) is 9.36 Å². The minimum absolute atomic E-state index is 0.284. The first-order chi connectivity index (χ1) is 19.5. The number of hydrogen-bond acceptors (Lipinski definition) is 8. The first-order valence-electron chi connectivity index (χ1n) is 12.7. The number of amides is 1. The van der Waals surface area contributed by atoms with Gasteiger partial charge in [0.2, 0.25) is 0 Å². The minimum atomic E-state index is -1.02. The summed E-state index contributed by atoms with van der Waals surface area (Å²) in [6.45, 7) is 5.47. The first kappa shape index (κ1) is 27.3. The molecule has 14 nitrogen and oxygen atoms in total. The molecule has 0 spiro atoms. The number of aromatic nitrogens is 7. The second-order valence-corrected chi connectivity index (χ2v) is 10.4. The van der Waals surface area contributed by atoms with Crippen LogP contribution in [0, 0.1) is 0 Å². The fourth-order valence-corrected chi connectivity index (χ4v) is 4.53. The van der Waals surface area contributed by atoms with Crippen molar-refractivity contribution in [3.8, 4) is 22.5 Å². The van der Waals surface area contributed by atoms with E-state index in [2.05, 4.69) is 30.5 Å². The zero-order valence-corrected chi connectivity index (χ0v) is 22.6. The van der Waals surface area contributed by atoms with E-state index < -0.39 is 23.6 Å². The van der Waals surface area contributed by atoms with Gasteiger partial charge in [-0.15, -0.1) is 10.2 Å². The highest BCUT2D eigenvalue weighted by Crippen LogP contribution is 2.34. The van der Waals surface area contributed by atoms with Gasteiger partial charge in [-0.3, -0.25) is 9.59 Å². The van der Waals surface area contributed by atoms with Crippen molar-refractivity contribution < 1.29 is 29.3 Å². The number of aliphatic carboxylic acids is 2. The molecule has 0 bridgehead atoms. The van der Waals surface area contributed by atoms with Crippen LogP contribution in [0.1, 0.15) is 20.8 Å². The summed E-state index contributed by atoms with van der Waals surface area (Å²) in [5.41, 5.74) is 3.63. The Balaban J connectivity index is 1.55. The highest BCUT2D eigenvalue weighted by Gasteiger charge is 2.18. The second-order valence-electron chi connectivity index (χ2n) is 10.4. The predicted octanol–water partition coefficient (Wildman–Crippen LogP) is 3.01. The summed E-state index contributed by atoms with van der Waals surface area (Å²) >= 11 is 0. The summed E-state index contributed by atoms with van der Waals surface area (Å²) in [5, 5.41) is 38.9. The van der Waals surface area contributed by atoms with Gasteiger partial charge >= 0.3 is 18.0 Å². The molecule has 0 atom stereocenters. The number of rotatable bonds is 9. The van der Waals surface area contributed by atoms with Crippen LogP contribution >= 0.6 is 0 Å². The fourth-order valence-electron chi connectivity index (χ4n) is 4.53. The normalized spacial score (nSPS) is 11.7. The van der Waals surface area contributed by atoms with Crippen LogP contribution in [0.2, 0.25) is 0 Å². The number of carboxylic acid groups (broad SMARTS) is 2. The van der Waals surface area contributed by atoms with Crippen molar-refractivity contribution in [2.75, 3.05) is 6.54 Å². The third-order valence-electron chi connectivity index (χ3n) is 6.13. The largest absolute Gasteiger partial charge is 0.480 e. The van der Waals surface area contributed by atoms with Gasteiger partial charge in [0.05, 0.1) is 12.4 Å². The van der Waals surface area contributed by atoms with Crippen molar-refractivity contribution in [3.63, 3.8) is 0 Å². The van der Waals surface area contributed by atoms with Crippen LogP contribution in [0.25, 0.3) is 44.3 Å².